The van der Waals surface area contributed by atoms with Gasteiger partial charge in [-0.15, -0.1) is 0 Å². The Morgan fingerprint density at radius 3 is 2.65 bits per heavy atom. The Bertz CT molecular complexity index is 679. The summed E-state index contributed by atoms with van der Waals surface area (Å²) in [5.41, 5.74) is -1.41. The van der Waals surface area contributed by atoms with E-state index in [2.05, 4.69) is 9.84 Å². The Kier molecular flexibility index (Phi) is 3.64. The molecular weight excluding hydrogens is 297 g/mol. The summed E-state index contributed by atoms with van der Waals surface area (Å²) in [6.45, 7) is 3.10. The highest BCUT2D eigenvalue weighted by molar-refractivity contribution is 6.30. The predicted octanol–water partition coefficient (Wildman–Crippen LogP) is 3.49. The number of fused-ring (bicyclic) bond motifs is 1. The zero-order valence-electron chi connectivity index (χ0n) is 10.6. The Labute approximate surface area is 117 Å². The monoisotopic (exact) mass is 306 g/mol. The molecule has 2 rings (SSSR count). The number of halogens is 4. The molecule has 20 heavy (non-hydrogen) atoms. The molecule has 0 aliphatic carbocycles. The summed E-state index contributed by atoms with van der Waals surface area (Å²) in [5, 5.41) is 3.42. The van der Waals surface area contributed by atoms with Crippen molar-refractivity contribution in [2.45, 2.75) is 20.0 Å². The molecule has 0 atom stereocenters. The number of carbonyl (C=O) groups excluding carboxylic acids is 1. The summed E-state index contributed by atoms with van der Waals surface area (Å²) < 4.78 is 44.5. The highest BCUT2D eigenvalue weighted by Crippen LogP contribution is 2.34. The fourth-order valence-corrected chi connectivity index (χ4v) is 1.97. The van der Waals surface area contributed by atoms with Gasteiger partial charge in [0, 0.05) is 0 Å². The number of carbonyl (C=O) groups is 1. The number of nitrogens with zero attached hydrogens (tertiary/aromatic N) is 2. The number of esters is 1. The van der Waals surface area contributed by atoms with Crippen LogP contribution in [0.4, 0.5) is 13.2 Å². The lowest BCUT2D eigenvalue weighted by atomic mass is 10.2. The third kappa shape index (κ3) is 2.33. The molecule has 2 heterocycles. The van der Waals surface area contributed by atoms with Crippen molar-refractivity contribution in [3.63, 3.8) is 0 Å². The minimum Gasteiger partial charge on any atom is -0.462 e. The average molecular weight is 307 g/mol. The first-order chi connectivity index (χ1) is 9.27. The van der Waals surface area contributed by atoms with Gasteiger partial charge in [-0.25, -0.2) is 9.31 Å². The van der Waals surface area contributed by atoms with Crippen molar-refractivity contribution in [1.82, 2.24) is 9.61 Å². The second kappa shape index (κ2) is 4.97. The van der Waals surface area contributed by atoms with Crippen LogP contribution in [0.1, 0.15) is 28.5 Å². The average Bonchev–Trinajstić information content (AvgIpc) is 2.74. The van der Waals surface area contributed by atoms with E-state index in [9.17, 15) is 18.0 Å². The molecule has 0 fully saturated rings. The lowest BCUT2D eigenvalue weighted by Gasteiger charge is -2.05. The van der Waals surface area contributed by atoms with Crippen LogP contribution in [-0.2, 0) is 10.9 Å². The molecule has 0 bridgehead atoms. The number of aryl methyl sites for hydroxylation is 1. The Hall–Kier alpha value is -1.76. The van der Waals surface area contributed by atoms with Crippen LogP contribution in [0.3, 0.4) is 0 Å². The van der Waals surface area contributed by atoms with Crippen molar-refractivity contribution in [3.8, 4) is 0 Å². The van der Waals surface area contributed by atoms with E-state index >= 15 is 0 Å². The van der Waals surface area contributed by atoms with E-state index < -0.39 is 23.4 Å². The lowest BCUT2D eigenvalue weighted by Crippen LogP contribution is -2.14. The number of ether oxygens (including phenoxy) is 1. The number of hydrogen-bond acceptors (Lipinski definition) is 3. The maximum absolute atomic E-state index is 13.0. The first-order valence-electron chi connectivity index (χ1n) is 5.69. The standard InChI is InChI=1S/C12H10ClF3N2O2/c1-3-20-11(19)8-7-5-4-6(2)10(13)18(7)17-9(8)12(14,15)16/h4-5H,3H2,1-2H3. The first kappa shape index (κ1) is 14.6. The van der Waals surface area contributed by atoms with Crippen LogP contribution in [0.2, 0.25) is 5.15 Å². The van der Waals surface area contributed by atoms with Crippen molar-refractivity contribution in [2.24, 2.45) is 0 Å². The molecular formula is C12H10ClF3N2O2. The number of hydrogen-bond donors (Lipinski definition) is 0. The van der Waals surface area contributed by atoms with Gasteiger partial charge in [0.2, 0.25) is 0 Å². The van der Waals surface area contributed by atoms with Crippen LogP contribution in [-0.4, -0.2) is 22.2 Å². The molecule has 2 aromatic rings. The molecule has 0 unspecified atom stereocenters. The molecule has 8 heteroatoms. The van der Waals surface area contributed by atoms with Crippen LogP contribution in [0.25, 0.3) is 5.52 Å². The largest absolute Gasteiger partial charge is 0.462 e. The van der Waals surface area contributed by atoms with Crippen molar-refractivity contribution in [1.29, 1.82) is 0 Å². The molecule has 2 aromatic heterocycles. The first-order valence-corrected chi connectivity index (χ1v) is 6.07. The topological polar surface area (TPSA) is 43.6 Å². The molecule has 0 saturated heterocycles. The van der Waals surface area contributed by atoms with E-state index in [1.54, 1.807) is 6.92 Å². The number of rotatable bonds is 2. The second-order valence-corrected chi connectivity index (χ2v) is 4.40. The molecule has 0 amide bonds. The molecule has 0 aromatic carbocycles. The van der Waals surface area contributed by atoms with Crippen LogP contribution in [0.5, 0.6) is 0 Å². The molecule has 4 nitrogen and oxygen atoms in total. The van der Waals surface area contributed by atoms with Crippen molar-refractivity contribution in [2.75, 3.05) is 6.61 Å². The molecule has 0 aliphatic rings. The molecule has 0 radical (unpaired) electrons. The van der Waals surface area contributed by atoms with Gasteiger partial charge in [-0.1, -0.05) is 17.7 Å². The van der Waals surface area contributed by atoms with Crippen molar-refractivity contribution in [3.05, 3.63) is 34.1 Å². The van der Waals surface area contributed by atoms with Gasteiger partial charge in [0.15, 0.2) is 5.69 Å². The number of pyridine rings is 1. The van der Waals surface area contributed by atoms with Gasteiger partial charge in [-0.05, 0) is 25.5 Å². The fraction of sp³-hybridized carbons (Fsp3) is 0.333. The maximum Gasteiger partial charge on any atom is 0.436 e. The zero-order chi connectivity index (χ0) is 15.1. The predicted molar refractivity (Wildman–Crippen MR) is 65.9 cm³/mol. The number of alkyl halides is 3. The lowest BCUT2D eigenvalue weighted by molar-refractivity contribution is -0.141. The SMILES string of the molecule is CCOC(=O)c1c(C(F)(F)F)nn2c(Cl)c(C)ccc12. The third-order valence-corrected chi connectivity index (χ3v) is 3.13. The minimum atomic E-state index is -4.77. The van der Waals surface area contributed by atoms with Crippen LogP contribution in [0.15, 0.2) is 12.1 Å². The normalized spacial score (nSPS) is 11.9. The molecule has 108 valence electrons. The fourth-order valence-electron chi connectivity index (χ4n) is 1.78. The molecule has 0 aliphatic heterocycles. The van der Waals surface area contributed by atoms with E-state index in [1.165, 1.54) is 19.1 Å². The maximum atomic E-state index is 13.0. The molecule has 0 N–H and O–H groups in total. The van der Waals surface area contributed by atoms with Gasteiger partial charge in [0.25, 0.3) is 0 Å². The zero-order valence-corrected chi connectivity index (χ0v) is 11.3. The summed E-state index contributed by atoms with van der Waals surface area (Å²) in [6, 6.07) is 2.87. The van der Waals surface area contributed by atoms with Gasteiger partial charge in [0.05, 0.1) is 12.1 Å². The summed E-state index contributed by atoms with van der Waals surface area (Å²) in [6.07, 6.45) is -4.77. The van der Waals surface area contributed by atoms with E-state index in [1.807, 2.05) is 0 Å². The van der Waals surface area contributed by atoms with Gasteiger partial charge in [0.1, 0.15) is 10.7 Å². The van der Waals surface area contributed by atoms with E-state index in [0.717, 1.165) is 4.52 Å². The second-order valence-electron chi connectivity index (χ2n) is 4.05. The quantitative estimate of drug-likeness (QED) is 0.630. The van der Waals surface area contributed by atoms with Gasteiger partial charge >= 0.3 is 12.1 Å². The summed E-state index contributed by atoms with van der Waals surface area (Å²) in [5.74, 6) is -1.07. The van der Waals surface area contributed by atoms with Crippen LogP contribution >= 0.6 is 11.6 Å². The Balaban J connectivity index is 2.81. The smallest absolute Gasteiger partial charge is 0.436 e. The highest BCUT2D eigenvalue weighted by atomic mass is 35.5. The number of aromatic nitrogens is 2. The van der Waals surface area contributed by atoms with Crippen molar-refractivity contribution < 1.29 is 22.7 Å². The van der Waals surface area contributed by atoms with Crippen molar-refractivity contribution >= 4 is 23.1 Å². The third-order valence-electron chi connectivity index (χ3n) is 2.67. The van der Waals surface area contributed by atoms with Gasteiger partial charge in [-0.3, -0.25) is 0 Å². The summed E-state index contributed by atoms with van der Waals surface area (Å²) in [4.78, 5) is 11.8. The van der Waals surface area contributed by atoms with Crippen LogP contribution < -0.4 is 0 Å². The van der Waals surface area contributed by atoms with E-state index in [0.29, 0.717) is 5.56 Å². The molecule has 0 saturated carbocycles. The molecule has 0 spiro atoms. The van der Waals surface area contributed by atoms with E-state index in [-0.39, 0.29) is 17.3 Å². The van der Waals surface area contributed by atoms with Gasteiger partial charge in [-0.2, -0.15) is 18.3 Å². The Morgan fingerprint density at radius 1 is 1.45 bits per heavy atom. The minimum absolute atomic E-state index is 0.0172. The summed E-state index contributed by atoms with van der Waals surface area (Å²) >= 11 is 5.92. The van der Waals surface area contributed by atoms with E-state index in [4.69, 9.17) is 11.6 Å². The summed E-state index contributed by atoms with van der Waals surface area (Å²) in [7, 11) is 0. The van der Waals surface area contributed by atoms with Gasteiger partial charge < -0.3 is 4.74 Å². The van der Waals surface area contributed by atoms with Crippen LogP contribution in [0, 0.1) is 6.92 Å². The highest BCUT2D eigenvalue weighted by Gasteiger charge is 2.41. The Morgan fingerprint density at radius 2 is 2.10 bits per heavy atom.